The summed E-state index contributed by atoms with van der Waals surface area (Å²) in [6.45, 7) is 1.38. The summed E-state index contributed by atoms with van der Waals surface area (Å²) in [5.41, 5.74) is 5.45. The van der Waals surface area contributed by atoms with E-state index in [1.807, 2.05) is 30.3 Å². The number of carbonyl (C=O) groups excluding carboxylic acids is 1. The average molecular weight is 489 g/mol. The van der Waals surface area contributed by atoms with Crippen molar-refractivity contribution in [1.82, 2.24) is 9.97 Å². The van der Waals surface area contributed by atoms with E-state index in [4.69, 9.17) is 9.47 Å². The Morgan fingerprint density at radius 1 is 0.844 bits per heavy atom. The Balaban J connectivity index is 1.79. The standard InChI is InChI=1S/C26H21BrN2O3/c1-15(30)32-25-12-21(27)18(11-24(25)31-2)26(19-13-28-22-9-5-3-7-16(19)22)20-14-29-23-10-6-4-8-17(20)23/h3-14,26,28-29H,1-2H3. The maximum atomic E-state index is 11.6. The van der Waals surface area contributed by atoms with Crippen LogP contribution in [0.2, 0.25) is 0 Å². The van der Waals surface area contributed by atoms with Crippen molar-refractivity contribution in [2.24, 2.45) is 0 Å². The largest absolute Gasteiger partial charge is 0.493 e. The highest BCUT2D eigenvalue weighted by Crippen LogP contribution is 2.45. The van der Waals surface area contributed by atoms with Crippen molar-refractivity contribution in [1.29, 1.82) is 0 Å². The molecule has 0 unspecified atom stereocenters. The van der Waals surface area contributed by atoms with Gasteiger partial charge in [0.15, 0.2) is 11.5 Å². The number of nitrogens with one attached hydrogen (secondary N) is 2. The number of halogens is 1. The molecular weight excluding hydrogens is 468 g/mol. The fourth-order valence-corrected chi connectivity index (χ4v) is 4.89. The molecule has 0 aliphatic heterocycles. The number of hydrogen-bond donors (Lipinski definition) is 2. The van der Waals surface area contributed by atoms with Crippen LogP contribution in [0.25, 0.3) is 21.8 Å². The third kappa shape index (κ3) is 3.46. The minimum atomic E-state index is -0.396. The Kier molecular flexibility index (Phi) is 5.23. The third-order valence-corrected chi connectivity index (χ3v) is 6.40. The van der Waals surface area contributed by atoms with E-state index in [0.717, 1.165) is 43.0 Å². The lowest BCUT2D eigenvalue weighted by molar-refractivity contribution is -0.132. The maximum Gasteiger partial charge on any atom is 0.308 e. The number of aromatic nitrogens is 2. The van der Waals surface area contributed by atoms with Gasteiger partial charge in [-0.1, -0.05) is 52.3 Å². The SMILES string of the molecule is COc1cc(C(c2c[nH]c3ccccc23)c2c[nH]c3ccccc23)c(Br)cc1OC(C)=O. The van der Waals surface area contributed by atoms with Gasteiger partial charge >= 0.3 is 5.97 Å². The number of para-hydroxylation sites is 2. The number of esters is 1. The smallest absolute Gasteiger partial charge is 0.308 e. The van der Waals surface area contributed by atoms with Crippen LogP contribution >= 0.6 is 15.9 Å². The fraction of sp³-hybridized carbons (Fsp3) is 0.115. The Morgan fingerprint density at radius 2 is 1.41 bits per heavy atom. The van der Waals surface area contributed by atoms with Gasteiger partial charge in [0.1, 0.15) is 0 Å². The van der Waals surface area contributed by atoms with Crippen molar-refractivity contribution in [3.63, 3.8) is 0 Å². The molecule has 0 saturated heterocycles. The van der Waals surface area contributed by atoms with Crippen LogP contribution in [0.4, 0.5) is 0 Å². The van der Waals surface area contributed by atoms with E-state index in [0.29, 0.717) is 11.5 Å². The molecule has 0 saturated carbocycles. The molecule has 5 aromatic rings. The molecular formula is C26H21BrN2O3. The van der Waals surface area contributed by atoms with E-state index in [-0.39, 0.29) is 5.92 Å². The van der Waals surface area contributed by atoms with Crippen LogP contribution in [0.3, 0.4) is 0 Å². The van der Waals surface area contributed by atoms with Gasteiger partial charge in [-0.25, -0.2) is 0 Å². The van der Waals surface area contributed by atoms with Gasteiger partial charge in [0.05, 0.1) is 7.11 Å². The number of H-pyrrole nitrogens is 2. The van der Waals surface area contributed by atoms with E-state index < -0.39 is 5.97 Å². The van der Waals surface area contributed by atoms with E-state index >= 15 is 0 Å². The summed E-state index contributed by atoms with van der Waals surface area (Å²) in [7, 11) is 1.58. The van der Waals surface area contributed by atoms with Crippen LogP contribution in [-0.2, 0) is 4.79 Å². The van der Waals surface area contributed by atoms with Crippen LogP contribution in [0, 0.1) is 0 Å². The van der Waals surface area contributed by atoms with Gasteiger partial charge < -0.3 is 19.4 Å². The molecule has 0 spiro atoms. The molecule has 2 aromatic heterocycles. The average Bonchev–Trinajstić information content (AvgIpc) is 3.40. The minimum Gasteiger partial charge on any atom is -0.493 e. The van der Waals surface area contributed by atoms with Crippen LogP contribution < -0.4 is 9.47 Å². The molecule has 5 nitrogen and oxygen atoms in total. The number of hydrogen-bond acceptors (Lipinski definition) is 3. The van der Waals surface area contributed by atoms with E-state index in [1.54, 1.807) is 13.2 Å². The lowest BCUT2D eigenvalue weighted by Crippen LogP contribution is -2.07. The molecule has 2 heterocycles. The summed E-state index contributed by atoms with van der Waals surface area (Å²) in [6.07, 6.45) is 4.13. The van der Waals surface area contributed by atoms with E-state index in [9.17, 15) is 4.79 Å². The Morgan fingerprint density at radius 3 is 1.94 bits per heavy atom. The highest BCUT2D eigenvalue weighted by atomic mass is 79.9. The number of benzene rings is 3. The zero-order valence-corrected chi connectivity index (χ0v) is 19.2. The van der Waals surface area contributed by atoms with Gasteiger partial charge in [0.2, 0.25) is 0 Å². The lowest BCUT2D eigenvalue weighted by Gasteiger charge is -2.21. The van der Waals surface area contributed by atoms with Gasteiger partial charge in [-0.3, -0.25) is 4.79 Å². The van der Waals surface area contributed by atoms with E-state index in [1.165, 1.54) is 6.92 Å². The molecule has 2 N–H and O–H groups in total. The molecule has 0 fully saturated rings. The molecule has 3 aromatic carbocycles. The van der Waals surface area contributed by atoms with Gasteiger partial charge in [-0.05, 0) is 41.0 Å². The second-order valence-electron chi connectivity index (χ2n) is 7.63. The van der Waals surface area contributed by atoms with Crippen LogP contribution in [0.1, 0.15) is 29.5 Å². The highest BCUT2D eigenvalue weighted by Gasteiger charge is 2.26. The number of carbonyl (C=O) groups is 1. The third-order valence-electron chi connectivity index (χ3n) is 5.71. The zero-order valence-electron chi connectivity index (χ0n) is 17.6. The molecule has 0 atom stereocenters. The number of rotatable bonds is 5. The van der Waals surface area contributed by atoms with Crippen LogP contribution in [-0.4, -0.2) is 23.0 Å². The predicted molar refractivity (Wildman–Crippen MR) is 130 cm³/mol. The maximum absolute atomic E-state index is 11.6. The molecule has 0 aliphatic rings. The summed E-state index contributed by atoms with van der Waals surface area (Å²) in [5, 5.41) is 2.30. The zero-order chi connectivity index (χ0) is 22.2. The van der Waals surface area contributed by atoms with Gasteiger partial charge in [0, 0.05) is 51.5 Å². The van der Waals surface area contributed by atoms with Crippen LogP contribution in [0.15, 0.2) is 77.5 Å². The Bertz CT molecular complexity index is 1380. The van der Waals surface area contributed by atoms with Crippen molar-refractivity contribution >= 4 is 43.7 Å². The molecule has 5 rings (SSSR count). The topological polar surface area (TPSA) is 67.1 Å². The van der Waals surface area contributed by atoms with Crippen molar-refractivity contribution in [3.05, 3.63) is 94.2 Å². The first-order chi connectivity index (χ1) is 15.6. The first kappa shape index (κ1) is 20.4. The molecule has 0 bridgehead atoms. The summed E-state index contributed by atoms with van der Waals surface area (Å²) in [5.74, 6) is 0.389. The minimum absolute atomic E-state index is 0.100. The number of ether oxygens (including phenoxy) is 2. The van der Waals surface area contributed by atoms with Crippen LogP contribution in [0.5, 0.6) is 11.5 Å². The first-order valence-electron chi connectivity index (χ1n) is 10.2. The van der Waals surface area contributed by atoms with Crippen molar-refractivity contribution in [2.45, 2.75) is 12.8 Å². The number of aromatic amines is 2. The van der Waals surface area contributed by atoms with Crippen molar-refractivity contribution in [2.75, 3.05) is 7.11 Å². The van der Waals surface area contributed by atoms with Crippen molar-refractivity contribution in [3.8, 4) is 11.5 Å². The predicted octanol–water partition coefficient (Wildman–Crippen LogP) is 6.53. The van der Waals surface area contributed by atoms with Gasteiger partial charge in [0.25, 0.3) is 0 Å². The molecule has 32 heavy (non-hydrogen) atoms. The normalized spacial score (nSPS) is 11.4. The van der Waals surface area contributed by atoms with Gasteiger partial charge in [-0.2, -0.15) is 0 Å². The number of fused-ring (bicyclic) bond motifs is 2. The molecule has 0 aliphatic carbocycles. The summed E-state index contributed by atoms with van der Waals surface area (Å²) in [4.78, 5) is 18.4. The highest BCUT2D eigenvalue weighted by molar-refractivity contribution is 9.10. The summed E-state index contributed by atoms with van der Waals surface area (Å²) in [6, 6.07) is 20.3. The quantitative estimate of drug-likeness (QED) is 0.218. The summed E-state index contributed by atoms with van der Waals surface area (Å²) >= 11 is 3.73. The second-order valence-corrected chi connectivity index (χ2v) is 8.48. The first-order valence-corrected chi connectivity index (χ1v) is 11.0. The summed E-state index contributed by atoms with van der Waals surface area (Å²) < 4.78 is 11.8. The molecule has 6 heteroatoms. The Labute approximate surface area is 193 Å². The number of methoxy groups -OCH3 is 1. The molecule has 0 amide bonds. The van der Waals surface area contributed by atoms with E-state index in [2.05, 4.69) is 62.6 Å². The molecule has 160 valence electrons. The van der Waals surface area contributed by atoms with Crippen molar-refractivity contribution < 1.29 is 14.3 Å². The Hall–Kier alpha value is -3.51. The second kappa shape index (κ2) is 8.20. The van der Waals surface area contributed by atoms with Gasteiger partial charge in [-0.15, -0.1) is 0 Å². The fourth-order valence-electron chi connectivity index (χ4n) is 4.33. The lowest BCUT2D eigenvalue weighted by atomic mass is 9.84. The molecule has 0 radical (unpaired) electrons. The monoisotopic (exact) mass is 488 g/mol.